The fourth-order valence-electron chi connectivity index (χ4n) is 1.65. The number of benzene rings is 1. The summed E-state index contributed by atoms with van der Waals surface area (Å²) in [5, 5.41) is 2.97. The number of nitrogens with one attached hydrogen (secondary N) is 2. The fraction of sp³-hybridized carbons (Fsp3) is 0.154. The highest BCUT2D eigenvalue weighted by Crippen LogP contribution is 2.18. The van der Waals surface area contributed by atoms with Gasteiger partial charge in [-0.05, 0) is 30.8 Å². The molecule has 7 heteroatoms. The second kappa shape index (κ2) is 5.98. The van der Waals surface area contributed by atoms with Gasteiger partial charge >= 0.3 is 0 Å². The van der Waals surface area contributed by atoms with E-state index in [1.807, 2.05) is 0 Å². The molecule has 0 spiro atoms. The number of rotatable bonds is 5. The van der Waals surface area contributed by atoms with Gasteiger partial charge in [0.25, 0.3) is 10.0 Å². The topological polar surface area (TPSA) is 71.1 Å². The number of sulfonamides is 1. The lowest BCUT2D eigenvalue weighted by Crippen LogP contribution is -2.14. The zero-order valence-corrected chi connectivity index (χ0v) is 11.6. The number of hydrogen-bond acceptors (Lipinski definition) is 4. The maximum atomic E-state index is 13.4. The Kier molecular flexibility index (Phi) is 4.31. The molecule has 1 aromatic carbocycles. The van der Waals surface area contributed by atoms with Crippen molar-refractivity contribution in [3.63, 3.8) is 0 Å². The van der Waals surface area contributed by atoms with E-state index in [0.717, 1.165) is 11.8 Å². The Morgan fingerprint density at radius 1 is 1.20 bits per heavy atom. The monoisotopic (exact) mass is 295 g/mol. The molecular formula is C13H14FN3O2S. The minimum Gasteiger partial charge on any atom is -0.316 e. The molecule has 0 aliphatic heterocycles. The van der Waals surface area contributed by atoms with E-state index in [1.165, 1.54) is 24.4 Å². The Bertz CT molecular complexity index is 687. The summed E-state index contributed by atoms with van der Waals surface area (Å²) >= 11 is 0. The summed E-state index contributed by atoms with van der Waals surface area (Å²) in [6, 6.07) is 7.63. The van der Waals surface area contributed by atoms with Crippen molar-refractivity contribution in [3.8, 4) is 0 Å². The lowest BCUT2D eigenvalue weighted by molar-refractivity contribution is 0.598. The van der Waals surface area contributed by atoms with Gasteiger partial charge in [0.1, 0.15) is 0 Å². The molecule has 0 radical (unpaired) electrons. The number of halogens is 1. The minimum atomic E-state index is -3.81. The highest BCUT2D eigenvalue weighted by molar-refractivity contribution is 7.92. The first-order valence-corrected chi connectivity index (χ1v) is 7.37. The van der Waals surface area contributed by atoms with Crippen molar-refractivity contribution in [3.05, 3.63) is 54.1 Å². The summed E-state index contributed by atoms with van der Waals surface area (Å²) in [5.41, 5.74) is 0.834. The summed E-state index contributed by atoms with van der Waals surface area (Å²) in [6.45, 7) is 0.646. The van der Waals surface area contributed by atoms with Crippen LogP contribution < -0.4 is 10.0 Å². The van der Waals surface area contributed by atoms with Gasteiger partial charge in [0.05, 0.1) is 16.8 Å². The number of anilines is 1. The predicted molar refractivity (Wildman–Crippen MR) is 74.2 cm³/mol. The first-order chi connectivity index (χ1) is 9.53. The molecule has 0 aliphatic carbocycles. The highest BCUT2D eigenvalue weighted by atomic mass is 32.2. The molecule has 1 aromatic heterocycles. The van der Waals surface area contributed by atoms with Crippen molar-refractivity contribution in [2.75, 3.05) is 11.8 Å². The van der Waals surface area contributed by atoms with Crippen LogP contribution in [0.25, 0.3) is 0 Å². The Morgan fingerprint density at radius 2 is 1.90 bits per heavy atom. The average Bonchev–Trinajstić information content (AvgIpc) is 2.42. The maximum Gasteiger partial charge on any atom is 0.261 e. The van der Waals surface area contributed by atoms with E-state index in [1.54, 1.807) is 19.2 Å². The zero-order chi connectivity index (χ0) is 14.6. The second-order valence-electron chi connectivity index (χ2n) is 4.14. The molecule has 5 nitrogen and oxygen atoms in total. The number of hydrogen-bond donors (Lipinski definition) is 2. The van der Waals surface area contributed by atoms with Gasteiger partial charge in [-0.3, -0.25) is 9.71 Å². The molecule has 2 N–H and O–H groups in total. The van der Waals surface area contributed by atoms with Gasteiger partial charge in [0, 0.05) is 12.7 Å². The third kappa shape index (κ3) is 3.31. The Morgan fingerprint density at radius 3 is 2.50 bits per heavy atom. The Labute approximate surface area is 116 Å². The maximum absolute atomic E-state index is 13.4. The van der Waals surface area contributed by atoms with Gasteiger partial charge in [-0.2, -0.15) is 0 Å². The summed E-state index contributed by atoms with van der Waals surface area (Å²) in [4.78, 5) is 3.64. The normalized spacial score (nSPS) is 11.3. The lowest BCUT2D eigenvalue weighted by Gasteiger charge is -2.09. The zero-order valence-electron chi connectivity index (χ0n) is 10.8. The van der Waals surface area contributed by atoms with Gasteiger partial charge in [-0.1, -0.05) is 12.1 Å². The molecule has 0 unspecified atom stereocenters. The smallest absolute Gasteiger partial charge is 0.261 e. The third-order valence-electron chi connectivity index (χ3n) is 2.63. The van der Waals surface area contributed by atoms with Crippen LogP contribution in [-0.4, -0.2) is 20.4 Å². The fourth-order valence-corrected chi connectivity index (χ4v) is 2.72. The summed E-state index contributed by atoms with van der Waals surface area (Å²) in [7, 11) is -2.00. The van der Waals surface area contributed by atoms with Crippen LogP contribution in [-0.2, 0) is 16.6 Å². The second-order valence-corrected chi connectivity index (χ2v) is 5.82. The largest absolute Gasteiger partial charge is 0.316 e. The van der Waals surface area contributed by atoms with Gasteiger partial charge in [-0.25, -0.2) is 12.8 Å². The molecule has 0 bridgehead atoms. The molecule has 20 heavy (non-hydrogen) atoms. The highest BCUT2D eigenvalue weighted by Gasteiger charge is 2.15. The third-order valence-corrected chi connectivity index (χ3v) is 4.01. The van der Waals surface area contributed by atoms with Crippen molar-refractivity contribution in [1.29, 1.82) is 0 Å². The van der Waals surface area contributed by atoms with Crippen molar-refractivity contribution in [1.82, 2.24) is 10.3 Å². The van der Waals surface area contributed by atoms with E-state index in [-0.39, 0.29) is 10.6 Å². The Hall–Kier alpha value is -1.99. The van der Waals surface area contributed by atoms with Crippen LogP contribution in [0.3, 0.4) is 0 Å². The molecular weight excluding hydrogens is 281 g/mol. The molecule has 0 aliphatic rings. The summed E-state index contributed by atoms with van der Waals surface area (Å²) < 4.78 is 39.8. The van der Waals surface area contributed by atoms with E-state index in [0.29, 0.717) is 6.54 Å². The molecule has 1 heterocycles. The van der Waals surface area contributed by atoms with Crippen molar-refractivity contribution >= 4 is 15.7 Å². The minimum absolute atomic E-state index is 0.0774. The SMILES string of the molecule is CNCc1ccc(S(=O)(=O)Nc2ccncc2F)cc1. The van der Waals surface area contributed by atoms with Crippen LogP contribution in [0, 0.1) is 5.82 Å². The van der Waals surface area contributed by atoms with Crippen LogP contribution in [0.4, 0.5) is 10.1 Å². The summed E-state index contributed by atoms with van der Waals surface area (Å²) in [6.07, 6.45) is 2.27. The molecule has 0 saturated carbocycles. The molecule has 2 rings (SSSR count). The van der Waals surface area contributed by atoms with Gasteiger partial charge in [0.2, 0.25) is 0 Å². The van der Waals surface area contributed by atoms with Gasteiger partial charge < -0.3 is 5.32 Å². The molecule has 2 aromatic rings. The first kappa shape index (κ1) is 14.4. The van der Waals surface area contributed by atoms with E-state index in [4.69, 9.17) is 0 Å². The van der Waals surface area contributed by atoms with Crippen LogP contribution in [0.5, 0.6) is 0 Å². The standard InChI is InChI=1S/C13H14FN3O2S/c1-15-8-10-2-4-11(5-3-10)20(18,19)17-13-6-7-16-9-12(13)14/h2-7,9,15H,8H2,1H3,(H,16,17). The molecule has 0 saturated heterocycles. The van der Waals surface area contributed by atoms with E-state index >= 15 is 0 Å². The van der Waals surface area contributed by atoms with Crippen LogP contribution >= 0.6 is 0 Å². The number of nitrogens with zero attached hydrogens (tertiary/aromatic N) is 1. The summed E-state index contributed by atoms with van der Waals surface area (Å²) in [5.74, 6) is -0.720. The molecule has 0 atom stereocenters. The van der Waals surface area contributed by atoms with Crippen LogP contribution in [0.15, 0.2) is 47.6 Å². The van der Waals surface area contributed by atoms with Crippen molar-refractivity contribution < 1.29 is 12.8 Å². The molecule has 0 amide bonds. The Balaban J connectivity index is 2.24. The quantitative estimate of drug-likeness (QED) is 0.881. The van der Waals surface area contributed by atoms with E-state index in [2.05, 4.69) is 15.0 Å². The van der Waals surface area contributed by atoms with Gasteiger partial charge in [0.15, 0.2) is 5.82 Å². The first-order valence-electron chi connectivity index (χ1n) is 5.89. The van der Waals surface area contributed by atoms with Crippen molar-refractivity contribution in [2.45, 2.75) is 11.4 Å². The molecule has 106 valence electrons. The molecule has 0 fully saturated rings. The number of pyridine rings is 1. The lowest BCUT2D eigenvalue weighted by atomic mass is 10.2. The average molecular weight is 295 g/mol. The number of aromatic nitrogens is 1. The van der Waals surface area contributed by atoms with Crippen LogP contribution in [0.1, 0.15) is 5.56 Å². The van der Waals surface area contributed by atoms with Crippen molar-refractivity contribution in [2.24, 2.45) is 0 Å². The van der Waals surface area contributed by atoms with E-state index < -0.39 is 15.8 Å². The predicted octanol–water partition coefficient (Wildman–Crippen LogP) is 1.74. The van der Waals surface area contributed by atoms with Gasteiger partial charge in [-0.15, -0.1) is 0 Å². The van der Waals surface area contributed by atoms with E-state index in [9.17, 15) is 12.8 Å². The van der Waals surface area contributed by atoms with Crippen LogP contribution in [0.2, 0.25) is 0 Å².